The van der Waals surface area contributed by atoms with Gasteiger partial charge >= 0.3 is 0 Å². The molecule has 0 saturated carbocycles. The first-order valence-electron chi connectivity index (χ1n) is 8.56. The summed E-state index contributed by atoms with van der Waals surface area (Å²) in [4.78, 5) is 13.6. The van der Waals surface area contributed by atoms with Crippen LogP contribution in [0.2, 0.25) is 0 Å². The van der Waals surface area contributed by atoms with Crippen molar-refractivity contribution in [3.63, 3.8) is 0 Å². The van der Waals surface area contributed by atoms with Crippen LogP contribution in [0.5, 0.6) is 5.75 Å². The summed E-state index contributed by atoms with van der Waals surface area (Å²) in [5, 5.41) is 9.37. The van der Waals surface area contributed by atoms with Crippen LogP contribution >= 0.6 is 0 Å². The molecule has 0 spiro atoms. The standard InChI is InChI=1S/C18H26N2O3/c19-18(22)14-2-6-17(7-3-14)23-9-1-8-20-15-4-5-16(20)11-13(10-15)12-21/h2-3,6-7,13,15-16,21H,1,4-5,8-12H2,(H2,19,22)/t13?,15-,16+. The van der Waals surface area contributed by atoms with Crippen LogP contribution < -0.4 is 10.5 Å². The van der Waals surface area contributed by atoms with Crippen molar-refractivity contribution in [2.24, 2.45) is 11.7 Å². The molecule has 3 atom stereocenters. The van der Waals surface area contributed by atoms with Crippen LogP contribution in [0.15, 0.2) is 24.3 Å². The summed E-state index contributed by atoms with van der Waals surface area (Å²) in [5.74, 6) is 0.860. The molecule has 1 amide bonds. The summed E-state index contributed by atoms with van der Waals surface area (Å²) < 4.78 is 5.75. The second kappa shape index (κ2) is 7.32. The number of benzene rings is 1. The maximum Gasteiger partial charge on any atom is 0.248 e. The Bertz CT molecular complexity index is 518. The van der Waals surface area contributed by atoms with E-state index in [2.05, 4.69) is 4.90 Å². The van der Waals surface area contributed by atoms with Gasteiger partial charge in [0.15, 0.2) is 0 Å². The first-order chi connectivity index (χ1) is 11.2. The lowest BCUT2D eigenvalue weighted by Gasteiger charge is -2.38. The number of ether oxygens (including phenoxy) is 1. The molecule has 3 N–H and O–H groups in total. The van der Waals surface area contributed by atoms with E-state index in [1.807, 2.05) is 0 Å². The molecular formula is C18H26N2O3. The second-order valence-electron chi connectivity index (χ2n) is 6.73. The lowest BCUT2D eigenvalue weighted by molar-refractivity contribution is 0.0699. The van der Waals surface area contributed by atoms with Crippen LogP contribution in [0.3, 0.4) is 0 Å². The van der Waals surface area contributed by atoms with Crippen LogP contribution in [-0.2, 0) is 0 Å². The number of aliphatic hydroxyl groups excluding tert-OH is 1. The summed E-state index contributed by atoms with van der Waals surface area (Å²) in [6, 6.07) is 8.27. The Balaban J connectivity index is 1.41. The fourth-order valence-electron chi connectivity index (χ4n) is 4.05. The SMILES string of the molecule is NC(=O)c1ccc(OCCCN2[C@@H]3CC[C@H]2CC(CO)C3)cc1. The van der Waals surface area contributed by atoms with Gasteiger partial charge in [-0.15, -0.1) is 0 Å². The van der Waals surface area contributed by atoms with E-state index >= 15 is 0 Å². The predicted octanol–water partition coefficient (Wildman–Crippen LogP) is 1.79. The topological polar surface area (TPSA) is 75.8 Å². The number of piperidine rings is 1. The number of primary amides is 1. The van der Waals surface area contributed by atoms with Crippen molar-refractivity contribution in [3.8, 4) is 5.75 Å². The van der Waals surface area contributed by atoms with Crippen LogP contribution in [0, 0.1) is 5.92 Å². The predicted molar refractivity (Wildman–Crippen MR) is 88.4 cm³/mol. The fourth-order valence-corrected chi connectivity index (χ4v) is 4.05. The normalized spacial score (nSPS) is 27.1. The Morgan fingerprint density at radius 3 is 2.43 bits per heavy atom. The molecule has 1 unspecified atom stereocenters. The van der Waals surface area contributed by atoms with E-state index in [-0.39, 0.29) is 0 Å². The average molecular weight is 318 g/mol. The van der Waals surface area contributed by atoms with Crippen LogP contribution in [0.25, 0.3) is 0 Å². The maximum atomic E-state index is 11.0. The van der Waals surface area contributed by atoms with Gasteiger partial charge in [0, 0.05) is 30.8 Å². The van der Waals surface area contributed by atoms with E-state index in [1.54, 1.807) is 24.3 Å². The van der Waals surface area contributed by atoms with Gasteiger partial charge in [0.1, 0.15) is 5.75 Å². The zero-order valence-electron chi connectivity index (χ0n) is 13.5. The first kappa shape index (κ1) is 16.3. The third kappa shape index (κ3) is 3.85. The van der Waals surface area contributed by atoms with Crippen molar-refractivity contribution >= 4 is 5.91 Å². The van der Waals surface area contributed by atoms with Gasteiger partial charge in [0.2, 0.25) is 5.91 Å². The van der Waals surface area contributed by atoms with Crippen LogP contribution in [0.1, 0.15) is 42.5 Å². The van der Waals surface area contributed by atoms with Crippen molar-refractivity contribution in [1.82, 2.24) is 4.90 Å². The summed E-state index contributed by atoms with van der Waals surface area (Å²) >= 11 is 0. The van der Waals surface area contributed by atoms with E-state index in [0.29, 0.717) is 36.8 Å². The van der Waals surface area contributed by atoms with Crippen LogP contribution in [-0.4, -0.2) is 47.8 Å². The van der Waals surface area contributed by atoms with Gasteiger partial charge in [-0.1, -0.05) is 0 Å². The summed E-state index contributed by atoms with van der Waals surface area (Å²) in [7, 11) is 0. The van der Waals surface area contributed by atoms with Crippen molar-refractivity contribution in [2.75, 3.05) is 19.8 Å². The molecule has 2 saturated heterocycles. The largest absolute Gasteiger partial charge is 0.494 e. The molecule has 23 heavy (non-hydrogen) atoms. The zero-order chi connectivity index (χ0) is 16.2. The molecule has 2 aliphatic heterocycles. The lowest BCUT2D eigenvalue weighted by Crippen LogP contribution is -2.44. The zero-order valence-corrected chi connectivity index (χ0v) is 13.5. The Morgan fingerprint density at radius 1 is 1.22 bits per heavy atom. The lowest BCUT2D eigenvalue weighted by atomic mass is 9.91. The quantitative estimate of drug-likeness (QED) is 0.752. The molecular weight excluding hydrogens is 292 g/mol. The first-order valence-corrected chi connectivity index (χ1v) is 8.56. The molecule has 2 aliphatic rings. The van der Waals surface area contributed by atoms with Gasteiger partial charge in [-0.3, -0.25) is 9.69 Å². The highest BCUT2D eigenvalue weighted by molar-refractivity contribution is 5.92. The number of rotatable bonds is 7. The number of nitrogens with zero attached hydrogens (tertiary/aromatic N) is 1. The van der Waals surface area contributed by atoms with E-state index < -0.39 is 5.91 Å². The highest BCUT2D eigenvalue weighted by Gasteiger charge is 2.39. The Hall–Kier alpha value is -1.59. The molecule has 5 nitrogen and oxygen atoms in total. The number of amides is 1. The molecule has 1 aromatic carbocycles. The van der Waals surface area contributed by atoms with E-state index in [0.717, 1.165) is 31.6 Å². The maximum absolute atomic E-state index is 11.0. The van der Waals surface area contributed by atoms with Gasteiger partial charge in [0.05, 0.1) is 6.61 Å². The molecule has 1 aromatic rings. The number of aliphatic hydroxyl groups is 1. The molecule has 2 fully saturated rings. The van der Waals surface area contributed by atoms with E-state index in [1.165, 1.54) is 12.8 Å². The Kier molecular flexibility index (Phi) is 5.18. The van der Waals surface area contributed by atoms with Gasteiger partial charge in [0.25, 0.3) is 0 Å². The monoisotopic (exact) mass is 318 g/mol. The second-order valence-corrected chi connectivity index (χ2v) is 6.73. The van der Waals surface area contributed by atoms with Gasteiger partial charge in [-0.05, 0) is 62.3 Å². The van der Waals surface area contributed by atoms with Gasteiger partial charge < -0.3 is 15.6 Å². The Labute approximate surface area is 137 Å². The minimum atomic E-state index is -0.418. The van der Waals surface area contributed by atoms with Gasteiger partial charge in [-0.25, -0.2) is 0 Å². The number of carbonyl (C=O) groups is 1. The number of hydrogen-bond donors (Lipinski definition) is 2. The summed E-state index contributed by atoms with van der Waals surface area (Å²) in [6.07, 6.45) is 5.83. The number of hydrogen-bond acceptors (Lipinski definition) is 4. The number of carbonyl (C=O) groups excluding carboxylic acids is 1. The average Bonchev–Trinajstić information content (AvgIpc) is 2.80. The Morgan fingerprint density at radius 2 is 1.87 bits per heavy atom. The van der Waals surface area contributed by atoms with Gasteiger partial charge in [-0.2, -0.15) is 0 Å². The van der Waals surface area contributed by atoms with E-state index in [9.17, 15) is 9.90 Å². The minimum Gasteiger partial charge on any atom is -0.494 e. The molecule has 3 rings (SSSR count). The van der Waals surface area contributed by atoms with Crippen LogP contribution in [0.4, 0.5) is 0 Å². The summed E-state index contributed by atoms with van der Waals surface area (Å²) in [6.45, 7) is 2.08. The van der Waals surface area contributed by atoms with Crippen molar-refractivity contribution < 1.29 is 14.6 Å². The van der Waals surface area contributed by atoms with Crippen molar-refractivity contribution in [3.05, 3.63) is 29.8 Å². The van der Waals surface area contributed by atoms with Crippen molar-refractivity contribution in [1.29, 1.82) is 0 Å². The summed E-state index contributed by atoms with van der Waals surface area (Å²) in [5.41, 5.74) is 5.72. The molecule has 2 heterocycles. The number of fused-ring (bicyclic) bond motifs is 2. The molecule has 2 bridgehead atoms. The highest BCUT2D eigenvalue weighted by atomic mass is 16.5. The molecule has 5 heteroatoms. The molecule has 0 aliphatic carbocycles. The third-order valence-electron chi connectivity index (χ3n) is 5.21. The molecule has 126 valence electrons. The minimum absolute atomic E-state index is 0.339. The van der Waals surface area contributed by atoms with Crippen molar-refractivity contribution in [2.45, 2.75) is 44.2 Å². The molecule has 0 aromatic heterocycles. The molecule has 0 radical (unpaired) electrons. The third-order valence-corrected chi connectivity index (χ3v) is 5.21. The van der Waals surface area contributed by atoms with E-state index in [4.69, 9.17) is 10.5 Å². The highest BCUT2D eigenvalue weighted by Crippen LogP contribution is 2.38. The number of nitrogens with two attached hydrogens (primary N) is 1. The smallest absolute Gasteiger partial charge is 0.248 e. The fraction of sp³-hybridized carbons (Fsp3) is 0.611.